The summed E-state index contributed by atoms with van der Waals surface area (Å²) in [7, 11) is 4.19. The van der Waals surface area contributed by atoms with Crippen molar-refractivity contribution in [1.82, 2.24) is 4.90 Å². The van der Waals surface area contributed by atoms with E-state index < -0.39 is 11.6 Å². The average molecular weight is 606 g/mol. The Labute approximate surface area is 264 Å². The standard InChI is InChI=1S/C37H67NO5/c1-10-40-36(26-38(8)9,37(41-11-2,42-12-3)43-13-4)22-14-15-27(5)31-18-19-32-30-17-16-28-25-29(39)20-23-34(28,6)33(30)21-24-35(31,32)7/h16,27,29-33,39H,10-15,17-26H2,1-9H3/t27-,29+,30+,31-,32+,33+,34+,35-,36?/m1/s1. The molecule has 3 saturated carbocycles. The Morgan fingerprint density at radius 2 is 1.56 bits per heavy atom. The number of aliphatic hydroxyl groups is 1. The Morgan fingerprint density at radius 1 is 0.907 bits per heavy atom. The molecular weight excluding hydrogens is 538 g/mol. The number of nitrogens with zero attached hydrogens (tertiary/aromatic N) is 1. The van der Waals surface area contributed by atoms with Crippen molar-refractivity contribution >= 4 is 0 Å². The SMILES string of the molecule is CCOC(CCC[C@@H](C)[C@H]1CC[C@H]2[C@@H]3CC=C4C[C@@H](O)CC[C@]4(C)[C@H]3CC[C@]12C)(CN(C)C)C(OCC)(OCC)OCC. The van der Waals surface area contributed by atoms with Crippen LogP contribution in [0.15, 0.2) is 11.6 Å². The summed E-state index contributed by atoms with van der Waals surface area (Å²) in [6.45, 7) is 18.6. The van der Waals surface area contributed by atoms with Crippen LogP contribution in [0, 0.1) is 40.4 Å². The van der Waals surface area contributed by atoms with E-state index >= 15 is 0 Å². The molecule has 4 aliphatic rings. The highest BCUT2D eigenvalue weighted by Gasteiger charge is 2.60. The fourth-order valence-corrected chi connectivity index (χ4v) is 10.9. The number of allylic oxidation sites excluding steroid dienone is 1. The van der Waals surface area contributed by atoms with Gasteiger partial charge < -0.3 is 29.0 Å². The van der Waals surface area contributed by atoms with Gasteiger partial charge in [0.25, 0.3) is 0 Å². The van der Waals surface area contributed by atoms with Crippen LogP contribution in [0.2, 0.25) is 0 Å². The maximum Gasteiger partial charge on any atom is 0.315 e. The lowest BCUT2D eigenvalue weighted by molar-refractivity contribution is -0.446. The van der Waals surface area contributed by atoms with Gasteiger partial charge in [-0.3, -0.25) is 0 Å². The third-order valence-corrected chi connectivity index (χ3v) is 12.6. The van der Waals surface area contributed by atoms with E-state index in [1.807, 2.05) is 20.8 Å². The highest BCUT2D eigenvalue weighted by molar-refractivity contribution is 5.25. The first-order valence-corrected chi connectivity index (χ1v) is 18.0. The molecule has 3 fully saturated rings. The quantitative estimate of drug-likeness (QED) is 0.143. The van der Waals surface area contributed by atoms with Gasteiger partial charge in [-0.1, -0.05) is 38.8 Å². The smallest absolute Gasteiger partial charge is 0.315 e. The average Bonchev–Trinajstić information content (AvgIpc) is 3.31. The molecule has 0 aromatic carbocycles. The number of hydrogen-bond acceptors (Lipinski definition) is 6. The first-order valence-electron chi connectivity index (χ1n) is 18.0. The second-order valence-electron chi connectivity index (χ2n) is 15.3. The van der Waals surface area contributed by atoms with Crippen LogP contribution in [-0.4, -0.2) is 74.8 Å². The molecule has 4 rings (SSSR count). The number of aliphatic hydroxyl groups excluding tert-OH is 1. The van der Waals surface area contributed by atoms with Crippen molar-refractivity contribution in [2.24, 2.45) is 40.4 Å². The second-order valence-corrected chi connectivity index (χ2v) is 15.3. The fourth-order valence-electron chi connectivity index (χ4n) is 10.9. The van der Waals surface area contributed by atoms with Crippen molar-refractivity contribution in [3.05, 3.63) is 11.6 Å². The van der Waals surface area contributed by atoms with E-state index in [1.165, 1.54) is 44.9 Å². The maximum absolute atomic E-state index is 10.4. The van der Waals surface area contributed by atoms with Crippen LogP contribution in [0.1, 0.15) is 119 Å². The first kappa shape index (κ1) is 35.4. The fraction of sp³-hybridized carbons (Fsp3) is 0.946. The molecule has 43 heavy (non-hydrogen) atoms. The Balaban J connectivity index is 1.48. The summed E-state index contributed by atoms with van der Waals surface area (Å²) in [5.74, 6) is 2.66. The van der Waals surface area contributed by atoms with Gasteiger partial charge in [-0.2, -0.15) is 0 Å². The summed E-state index contributed by atoms with van der Waals surface area (Å²) >= 11 is 0. The number of hydrogen-bond donors (Lipinski definition) is 1. The molecule has 6 heteroatoms. The monoisotopic (exact) mass is 606 g/mol. The minimum absolute atomic E-state index is 0.124. The van der Waals surface area contributed by atoms with Crippen molar-refractivity contribution in [1.29, 1.82) is 0 Å². The molecule has 0 bridgehead atoms. The van der Waals surface area contributed by atoms with Crippen molar-refractivity contribution in [3.8, 4) is 0 Å². The Morgan fingerprint density at radius 3 is 2.16 bits per heavy atom. The van der Waals surface area contributed by atoms with E-state index in [9.17, 15) is 5.11 Å². The topological polar surface area (TPSA) is 60.4 Å². The molecule has 0 aromatic heterocycles. The van der Waals surface area contributed by atoms with Crippen LogP contribution in [0.5, 0.6) is 0 Å². The van der Waals surface area contributed by atoms with Crippen LogP contribution in [-0.2, 0) is 18.9 Å². The molecular formula is C37H67NO5. The van der Waals surface area contributed by atoms with Crippen LogP contribution in [0.25, 0.3) is 0 Å². The van der Waals surface area contributed by atoms with Gasteiger partial charge in [-0.15, -0.1) is 0 Å². The summed E-state index contributed by atoms with van der Waals surface area (Å²) < 4.78 is 25.7. The highest BCUT2D eigenvalue weighted by atomic mass is 16.9. The van der Waals surface area contributed by atoms with Gasteiger partial charge in [0.1, 0.15) is 0 Å². The molecule has 9 atom stereocenters. The zero-order valence-electron chi connectivity index (χ0n) is 29.4. The van der Waals surface area contributed by atoms with E-state index in [4.69, 9.17) is 18.9 Å². The van der Waals surface area contributed by atoms with E-state index in [2.05, 4.69) is 52.8 Å². The normalized spacial score (nSPS) is 36.4. The van der Waals surface area contributed by atoms with Gasteiger partial charge in [0.15, 0.2) is 5.60 Å². The van der Waals surface area contributed by atoms with E-state index in [1.54, 1.807) is 5.57 Å². The Hall–Kier alpha value is -0.500. The molecule has 0 radical (unpaired) electrons. The van der Waals surface area contributed by atoms with Crippen LogP contribution in [0.4, 0.5) is 0 Å². The van der Waals surface area contributed by atoms with Gasteiger partial charge in [0, 0.05) is 33.0 Å². The molecule has 1 N–H and O–H groups in total. The van der Waals surface area contributed by atoms with Crippen LogP contribution in [0.3, 0.4) is 0 Å². The predicted octanol–water partition coefficient (Wildman–Crippen LogP) is 7.83. The van der Waals surface area contributed by atoms with Crippen LogP contribution >= 0.6 is 0 Å². The third-order valence-electron chi connectivity index (χ3n) is 12.6. The highest BCUT2D eigenvalue weighted by Crippen LogP contribution is 2.67. The summed E-state index contributed by atoms with van der Waals surface area (Å²) in [6.07, 6.45) is 15.3. The predicted molar refractivity (Wildman–Crippen MR) is 175 cm³/mol. The number of ether oxygens (including phenoxy) is 4. The lowest BCUT2D eigenvalue weighted by atomic mass is 9.47. The molecule has 6 nitrogen and oxygen atoms in total. The molecule has 0 heterocycles. The minimum Gasteiger partial charge on any atom is -0.393 e. The lowest BCUT2D eigenvalue weighted by Crippen LogP contribution is -2.65. The molecule has 0 aliphatic heterocycles. The molecule has 4 aliphatic carbocycles. The summed E-state index contributed by atoms with van der Waals surface area (Å²) in [4.78, 5) is 2.18. The van der Waals surface area contributed by atoms with Crippen molar-refractivity contribution < 1.29 is 24.1 Å². The Kier molecular flexibility index (Phi) is 11.9. The minimum atomic E-state index is -1.23. The first-order chi connectivity index (χ1) is 20.5. The van der Waals surface area contributed by atoms with E-state index in [-0.39, 0.29) is 6.10 Å². The number of rotatable bonds is 16. The van der Waals surface area contributed by atoms with Crippen molar-refractivity contribution in [2.45, 2.75) is 137 Å². The molecule has 250 valence electrons. The number of fused-ring (bicyclic) bond motifs is 5. The third kappa shape index (κ3) is 6.67. The summed E-state index contributed by atoms with van der Waals surface area (Å²) in [6, 6.07) is 0. The maximum atomic E-state index is 10.4. The van der Waals surface area contributed by atoms with Gasteiger partial charge in [0.05, 0.1) is 6.10 Å². The molecule has 0 saturated heterocycles. The van der Waals surface area contributed by atoms with Crippen LogP contribution < -0.4 is 0 Å². The molecule has 0 amide bonds. The molecule has 0 spiro atoms. The summed E-state index contributed by atoms with van der Waals surface area (Å²) in [5, 5.41) is 10.4. The van der Waals surface area contributed by atoms with Gasteiger partial charge in [0.2, 0.25) is 0 Å². The van der Waals surface area contributed by atoms with Gasteiger partial charge in [-0.25, -0.2) is 0 Å². The lowest BCUT2D eigenvalue weighted by Gasteiger charge is -2.58. The molecule has 0 aromatic rings. The second kappa shape index (κ2) is 14.5. The largest absolute Gasteiger partial charge is 0.393 e. The zero-order valence-corrected chi connectivity index (χ0v) is 29.4. The number of likely N-dealkylation sites (N-methyl/N-ethyl adjacent to an activating group) is 1. The Bertz CT molecular complexity index is 906. The van der Waals surface area contributed by atoms with Gasteiger partial charge >= 0.3 is 5.97 Å². The zero-order chi connectivity index (χ0) is 31.5. The summed E-state index contributed by atoms with van der Waals surface area (Å²) in [5.41, 5.74) is 1.61. The van der Waals surface area contributed by atoms with Gasteiger partial charge in [-0.05, 0) is 146 Å². The van der Waals surface area contributed by atoms with Crippen molar-refractivity contribution in [2.75, 3.05) is 47.1 Å². The van der Waals surface area contributed by atoms with E-state index in [0.29, 0.717) is 49.7 Å². The van der Waals surface area contributed by atoms with Crippen molar-refractivity contribution in [3.63, 3.8) is 0 Å². The van der Waals surface area contributed by atoms with E-state index in [0.717, 1.165) is 49.4 Å². The molecule has 1 unspecified atom stereocenters.